The molecule has 2 rings (SSSR count). The monoisotopic (exact) mass is 273 g/mol. The van der Waals surface area contributed by atoms with Crippen molar-refractivity contribution >= 4 is 15.9 Å². The normalized spacial score (nSPS) is 10.9. The summed E-state index contributed by atoms with van der Waals surface area (Å²) in [6.45, 7) is 0. The minimum absolute atomic E-state index is 0.0926. The lowest BCUT2D eigenvalue weighted by Crippen LogP contribution is -1.98. The predicted octanol–water partition coefficient (Wildman–Crippen LogP) is 2.97. The van der Waals surface area contributed by atoms with Crippen molar-refractivity contribution in [1.29, 1.82) is 0 Å². The number of aromatic nitrogens is 3. The van der Waals surface area contributed by atoms with Crippen LogP contribution in [0, 0.1) is 0 Å². The van der Waals surface area contributed by atoms with Crippen LogP contribution < -0.4 is 0 Å². The molecule has 0 aliphatic rings. The molecule has 0 amide bonds. The summed E-state index contributed by atoms with van der Waals surface area (Å²) in [5, 5.41) is 4.04. The second kappa shape index (κ2) is 4.06. The Bertz CT molecular complexity index is 453. The molecule has 15 heavy (non-hydrogen) atoms. The van der Waals surface area contributed by atoms with E-state index < -0.39 is 6.43 Å². The van der Waals surface area contributed by atoms with Crippen molar-refractivity contribution in [2.24, 2.45) is 0 Å². The van der Waals surface area contributed by atoms with Gasteiger partial charge in [0.25, 0.3) is 6.43 Å². The molecule has 0 saturated heterocycles. The summed E-state index contributed by atoms with van der Waals surface area (Å²) in [5.41, 5.74) is -0.0926. The van der Waals surface area contributed by atoms with Crippen LogP contribution in [0.3, 0.4) is 0 Å². The average molecular weight is 274 g/mol. The molecule has 78 valence electrons. The SMILES string of the molecule is FC(F)c1ccc(-n2ccc(Br)n2)nc1. The molecule has 2 aromatic heterocycles. The summed E-state index contributed by atoms with van der Waals surface area (Å²) in [4.78, 5) is 3.88. The maximum absolute atomic E-state index is 12.2. The molecular formula is C9H6BrF2N3. The molecule has 0 bridgehead atoms. The number of nitrogens with zero attached hydrogens (tertiary/aromatic N) is 3. The molecule has 0 unspecified atom stereocenters. The van der Waals surface area contributed by atoms with Gasteiger partial charge in [0, 0.05) is 18.0 Å². The maximum Gasteiger partial charge on any atom is 0.265 e. The van der Waals surface area contributed by atoms with Crippen molar-refractivity contribution in [2.75, 3.05) is 0 Å². The van der Waals surface area contributed by atoms with Crippen LogP contribution in [0.25, 0.3) is 5.82 Å². The second-order valence-corrected chi connectivity index (χ2v) is 3.65. The molecule has 0 spiro atoms. The van der Waals surface area contributed by atoms with E-state index in [4.69, 9.17) is 0 Å². The lowest BCUT2D eigenvalue weighted by atomic mass is 10.3. The number of hydrogen-bond acceptors (Lipinski definition) is 2. The van der Waals surface area contributed by atoms with Gasteiger partial charge >= 0.3 is 0 Å². The third-order valence-corrected chi connectivity index (χ3v) is 2.24. The van der Waals surface area contributed by atoms with Gasteiger partial charge in [-0.05, 0) is 34.1 Å². The molecule has 0 atom stereocenters. The van der Waals surface area contributed by atoms with Crippen LogP contribution in [0.4, 0.5) is 8.78 Å². The first-order valence-electron chi connectivity index (χ1n) is 4.12. The summed E-state index contributed by atoms with van der Waals surface area (Å²) in [7, 11) is 0. The summed E-state index contributed by atoms with van der Waals surface area (Å²) >= 11 is 3.19. The largest absolute Gasteiger partial charge is 0.265 e. The fourth-order valence-electron chi connectivity index (χ4n) is 1.09. The Morgan fingerprint density at radius 3 is 2.53 bits per heavy atom. The molecule has 0 N–H and O–H groups in total. The average Bonchev–Trinajstić information content (AvgIpc) is 2.65. The Hall–Kier alpha value is -1.30. The first-order chi connectivity index (χ1) is 7.16. The highest BCUT2D eigenvalue weighted by molar-refractivity contribution is 9.10. The quantitative estimate of drug-likeness (QED) is 0.842. The number of hydrogen-bond donors (Lipinski definition) is 0. The number of halogens is 3. The highest BCUT2D eigenvalue weighted by Gasteiger charge is 2.07. The van der Waals surface area contributed by atoms with Gasteiger partial charge in [0.1, 0.15) is 4.60 Å². The minimum Gasteiger partial charge on any atom is -0.237 e. The molecule has 0 fully saturated rings. The topological polar surface area (TPSA) is 30.7 Å². The zero-order valence-corrected chi connectivity index (χ0v) is 9.03. The van der Waals surface area contributed by atoms with E-state index in [0.717, 1.165) is 6.20 Å². The van der Waals surface area contributed by atoms with Crippen molar-refractivity contribution in [3.63, 3.8) is 0 Å². The van der Waals surface area contributed by atoms with Gasteiger partial charge in [0.15, 0.2) is 5.82 Å². The lowest BCUT2D eigenvalue weighted by Gasteiger charge is -2.01. The number of alkyl halides is 2. The Kier molecular flexibility index (Phi) is 2.77. The molecule has 0 saturated carbocycles. The third-order valence-electron chi connectivity index (χ3n) is 1.81. The standard InChI is InChI=1S/C9H6BrF2N3/c10-7-3-4-15(14-7)8-2-1-6(5-13-8)9(11)12/h1-5,9H. The zero-order valence-electron chi connectivity index (χ0n) is 7.44. The second-order valence-electron chi connectivity index (χ2n) is 2.83. The van der Waals surface area contributed by atoms with Gasteiger partial charge < -0.3 is 0 Å². The Labute approximate surface area is 92.9 Å². The van der Waals surface area contributed by atoms with E-state index in [0.29, 0.717) is 10.4 Å². The van der Waals surface area contributed by atoms with E-state index in [9.17, 15) is 8.78 Å². The van der Waals surface area contributed by atoms with Crippen LogP contribution >= 0.6 is 15.9 Å². The van der Waals surface area contributed by atoms with E-state index in [1.165, 1.54) is 16.8 Å². The molecule has 2 heterocycles. The van der Waals surface area contributed by atoms with Crippen molar-refractivity contribution in [3.05, 3.63) is 40.8 Å². The van der Waals surface area contributed by atoms with E-state index in [-0.39, 0.29) is 5.56 Å². The van der Waals surface area contributed by atoms with Gasteiger partial charge in [0.05, 0.1) is 0 Å². The van der Waals surface area contributed by atoms with Crippen LogP contribution in [0.2, 0.25) is 0 Å². The van der Waals surface area contributed by atoms with E-state index >= 15 is 0 Å². The summed E-state index contributed by atoms with van der Waals surface area (Å²) in [5.74, 6) is 0.505. The van der Waals surface area contributed by atoms with Gasteiger partial charge in [-0.15, -0.1) is 0 Å². The number of rotatable bonds is 2. The van der Waals surface area contributed by atoms with Crippen LogP contribution in [0.5, 0.6) is 0 Å². The number of pyridine rings is 1. The Balaban J connectivity index is 2.31. The minimum atomic E-state index is -2.49. The predicted molar refractivity (Wildman–Crippen MR) is 54.0 cm³/mol. The fraction of sp³-hybridized carbons (Fsp3) is 0.111. The molecule has 0 aliphatic carbocycles. The molecule has 0 aliphatic heterocycles. The maximum atomic E-state index is 12.2. The highest BCUT2D eigenvalue weighted by atomic mass is 79.9. The van der Waals surface area contributed by atoms with Crippen molar-refractivity contribution in [2.45, 2.75) is 6.43 Å². The molecule has 6 heteroatoms. The first kappa shape index (κ1) is 10.2. The summed E-state index contributed by atoms with van der Waals surface area (Å²) < 4.78 is 26.6. The summed E-state index contributed by atoms with van der Waals surface area (Å²) in [6, 6.07) is 4.58. The molecule has 2 aromatic rings. The van der Waals surface area contributed by atoms with Crippen LogP contribution in [0.15, 0.2) is 35.2 Å². The van der Waals surface area contributed by atoms with Gasteiger partial charge in [-0.3, -0.25) is 0 Å². The molecular weight excluding hydrogens is 268 g/mol. The van der Waals surface area contributed by atoms with Crippen LogP contribution in [-0.4, -0.2) is 14.8 Å². The Morgan fingerprint density at radius 1 is 1.27 bits per heavy atom. The van der Waals surface area contributed by atoms with Gasteiger partial charge in [-0.2, -0.15) is 5.10 Å². The van der Waals surface area contributed by atoms with Crippen LogP contribution in [-0.2, 0) is 0 Å². The van der Waals surface area contributed by atoms with Crippen molar-refractivity contribution in [1.82, 2.24) is 14.8 Å². The molecule has 0 aromatic carbocycles. The fourth-order valence-corrected chi connectivity index (χ4v) is 1.38. The third kappa shape index (κ3) is 2.20. The molecule has 3 nitrogen and oxygen atoms in total. The zero-order chi connectivity index (χ0) is 10.8. The highest BCUT2D eigenvalue weighted by Crippen LogP contribution is 2.18. The lowest BCUT2D eigenvalue weighted by molar-refractivity contribution is 0.151. The van der Waals surface area contributed by atoms with E-state index in [1.54, 1.807) is 12.3 Å². The van der Waals surface area contributed by atoms with Gasteiger partial charge in [0.2, 0.25) is 0 Å². The van der Waals surface area contributed by atoms with E-state index in [1.807, 2.05) is 0 Å². The molecule has 0 radical (unpaired) electrons. The smallest absolute Gasteiger partial charge is 0.237 e. The van der Waals surface area contributed by atoms with Crippen molar-refractivity contribution in [3.8, 4) is 5.82 Å². The first-order valence-corrected chi connectivity index (χ1v) is 4.92. The van der Waals surface area contributed by atoms with Crippen LogP contribution in [0.1, 0.15) is 12.0 Å². The van der Waals surface area contributed by atoms with Crippen molar-refractivity contribution < 1.29 is 8.78 Å². The Morgan fingerprint density at radius 2 is 2.07 bits per heavy atom. The summed E-state index contributed by atoms with van der Waals surface area (Å²) in [6.07, 6.45) is 0.347. The van der Waals surface area contributed by atoms with Gasteiger partial charge in [-0.1, -0.05) is 0 Å². The van der Waals surface area contributed by atoms with Gasteiger partial charge in [-0.25, -0.2) is 18.4 Å². The van der Waals surface area contributed by atoms with E-state index in [2.05, 4.69) is 26.0 Å².